The number of aliphatic hydroxyl groups is 3. The van der Waals surface area contributed by atoms with Crippen molar-refractivity contribution >= 4 is 18.1 Å². The largest absolute Gasteiger partial charge is 0.445 e. The summed E-state index contributed by atoms with van der Waals surface area (Å²) in [6.07, 6.45) is -6.46. The molecule has 264 valence electrons. The third kappa shape index (κ3) is 10.4. The summed E-state index contributed by atoms with van der Waals surface area (Å²) < 4.78 is 23.1. The fourth-order valence-corrected chi connectivity index (χ4v) is 5.93. The van der Waals surface area contributed by atoms with Gasteiger partial charge in [0.05, 0.1) is 24.3 Å². The Morgan fingerprint density at radius 3 is 2.04 bits per heavy atom. The Balaban J connectivity index is 1.42. The zero-order valence-electron chi connectivity index (χ0n) is 27.7. The molecule has 2 aromatic rings. The molecule has 3 amide bonds. The lowest BCUT2D eigenvalue weighted by atomic mass is 9.80. The van der Waals surface area contributed by atoms with Crippen LogP contribution in [0.15, 0.2) is 60.7 Å². The maximum absolute atomic E-state index is 13.0. The minimum atomic E-state index is -1.64. The standard InChI is InChI=1S/C35H49N3O10/c1-4-11-21(2)32(42)37-26-28(39)27(38-35(44)46-20-24-14-9-6-10-15-24)31(30(41)29(26)40)48-33-22(3)16-17-25(47-33)18-36-34(43)45-19-23-12-7-5-8-13-23/h5-10,12-15,21-22,25-31,33,39-41H,4,11,16-20H2,1-3H3,(H,36,43)(H,37,42)(H,38,44)/t21-,22?,25?,26-,27+,28?,29+,30?,31?,33-/m1/s1. The number of aliphatic hydroxyl groups excluding tert-OH is 3. The molecule has 1 heterocycles. The Morgan fingerprint density at radius 2 is 1.44 bits per heavy atom. The maximum atomic E-state index is 13.0. The lowest BCUT2D eigenvalue weighted by Gasteiger charge is -2.48. The monoisotopic (exact) mass is 671 g/mol. The molecule has 0 aromatic heterocycles. The van der Waals surface area contributed by atoms with E-state index in [0.717, 1.165) is 17.5 Å². The summed E-state index contributed by atoms with van der Waals surface area (Å²) in [6.45, 7) is 5.76. The van der Waals surface area contributed by atoms with Crippen LogP contribution in [0.25, 0.3) is 0 Å². The van der Waals surface area contributed by atoms with Crippen LogP contribution in [0.1, 0.15) is 57.6 Å². The quantitative estimate of drug-likeness (QED) is 0.185. The predicted molar refractivity (Wildman–Crippen MR) is 174 cm³/mol. The first kappa shape index (κ1) is 37.1. The van der Waals surface area contributed by atoms with Crippen molar-refractivity contribution in [2.45, 2.75) is 109 Å². The van der Waals surface area contributed by atoms with Crippen molar-refractivity contribution in [1.29, 1.82) is 0 Å². The summed E-state index contributed by atoms with van der Waals surface area (Å²) in [7, 11) is 0. The molecule has 48 heavy (non-hydrogen) atoms. The number of benzene rings is 2. The van der Waals surface area contributed by atoms with Crippen molar-refractivity contribution in [1.82, 2.24) is 16.0 Å². The van der Waals surface area contributed by atoms with Crippen molar-refractivity contribution < 1.29 is 48.7 Å². The molecule has 4 rings (SSSR count). The van der Waals surface area contributed by atoms with E-state index in [1.54, 1.807) is 31.2 Å². The number of hydrogen-bond acceptors (Lipinski definition) is 10. The number of amides is 3. The van der Waals surface area contributed by atoms with Crippen molar-refractivity contribution in [2.75, 3.05) is 6.54 Å². The molecule has 2 fully saturated rings. The Labute approximate surface area is 281 Å². The van der Waals surface area contributed by atoms with Gasteiger partial charge in [-0.1, -0.05) is 87.9 Å². The Morgan fingerprint density at radius 1 is 0.833 bits per heavy atom. The number of carbonyl (C=O) groups excluding carboxylic acids is 3. The van der Waals surface area contributed by atoms with Gasteiger partial charge in [-0.15, -0.1) is 0 Å². The summed E-state index contributed by atoms with van der Waals surface area (Å²) in [5.74, 6) is -0.982. The summed E-state index contributed by atoms with van der Waals surface area (Å²) >= 11 is 0. The molecule has 0 spiro atoms. The van der Waals surface area contributed by atoms with Crippen LogP contribution >= 0.6 is 0 Å². The van der Waals surface area contributed by atoms with Crippen molar-refractivity contribution in [2.24, 2.45) is 11.8 Å². The smallest absolute Gasteiger partial charge is 0.407 e. The molecule has 1 aliphatic heterocycles. The van der Waals surface area contributed by atoms with E-state index in [9.17, 15) is 29.7 Å². The SMILES string of the molecule is CCC[C@@H](C)C(=O)N[C@@H]1C(O)[C@H](NC(=O)OCc2ccccc2)C(O[C@H]2OC(CNC(=O)OCc3ccccc3)CCC2C)C(O)[C@H]1O. The zero-order chi connectivity index (χ0) is 34.6. The average Bonchev–Trinajstić information content (AvgIpc) is 3.09. The second-order valence-electron chi connectivity index (χ2n) is 12.7. The number of ether oxygens (including phenoxy) is 4. The van der Waals surface area contributed by atoms with Crippen LogP contribution in [0, 0.1) is 11.8 Å². The van der Waals surface area contributed by atoms with E-state index in [-0.39, 0.29) is 25.7 Å². The van der Waals surface area contributed by atoms with E-state index in [2.05, 4.69) is 16.0 Å². The van der Waals surface area contributed by atoms with E-state index in [1.165, 1.54) is 0 Å². The van der Waals surface area contributed by atoms with Gasteiger partial charge in [-0.25, -0.2) is 9.59 Å². The second kappa shape index (κ2) is 18.1. The lowest BCUT2D eigenvalue weighted by molar-refractivity contribution is -0.273. The van der Waals surface area contributed by atoms with E-state index in [0.29, 0.717) is 19.3 Å². The third-order valence-corrected chi connectivity index (χ3v) is 8.83. The number of carbonyl (C=O) groups is 3. The number of alkyl carbamates (subject to hydrolysis) is 2. The minimum absolute atomic E-state index is 0.0495. The van der Waals surface area contributed by atoms with Crippen LogP contribution < -0.4 is 16.0 Å². The predicted octanol–water partition coefficient (Wildman–Crippen LogP) is 2.75. The van der Waals surface area contributed by atoms with Crippen LogP contribution in [0.5, 0.6) is 0 Å². The molecule has 0 radical (unpaired) electrons. The van der Waals surface area contributed by atoms with Gasteiger partial charge in [0, 0.05) is 18.4 Å². The van der Waals surface area contributed by atoms with E-state index in [4.69, 9.17) is 18.9 Å². The fraction of sp³-hybridized carbons (Fsp3) is 0.571. The molecule has 6 N–H and O–H groups in total. The molecule has 1 saturated carbocycles. The summed E-state index contributed by atoms with van der Waals surface area (Å²) in [5.41, 5.74) is 1.59. The normalized spacial score (nSPS) is 29.2. The molecule has 1 aliphatic carbocycles. The highest BCUT2D eigenvalue weighted by Crippen LogP contribution is 2.31. The maximum Gasteiger partial charge on any atom is 0.407 e. The zero-order valence-corrected chi connectivity index (χ0v) is 27.7. The van der Waals surface area contributed by atoms with Gasteiger partial charge in [-0.05, 0) is 30.4 Å². The highest BCUT2D eigenvalue weighted by atomic mass is 16.7. The Kier molecular flexibility index (Phi) is 14.0. The van der Waals surface area contributed by atoms with Gasteiger partial charge in [0.15, 0.2) is 6.29 Å². The highest BCUT2D eigenvalue weighted by Gasteiger charge is 2.53. The molecule has 2 aliphatic rings. The number of rotatable bonds is 13. The van der Waals surface area contributed by atoms with Crippen LogP contribution in [0.3, 0.4) is 0 Å². The molecule has 10 atom stereocenters. The first-order chi connectivity index (χ1) is 23.1. The number of nitrogens with one attached hydrogen (secondary N) is 3. The molecular formula is C35H49N3O10. The van der Waals surface area contributed by atoms with E-state index < -0.39 is 72.9 Å². The van der Waals surface area contributed by atoms with Crippen molar-refractivity contribution in [3.8, 4) is 0 Å². The van der Waals surface area contributed by atoms with Gasteiger partial charge >= 0.3 is 12.2 Å². The summed E-state index contributed by atoms with van der Waals surface area (Å²) in [5, 5.41) is 41.9. The van der Waals surface area contributed by atoms with Gasteiger partial charge in [-0.3, -0.25) is 4.79 Å². The van der Waals surface area contributed by atoms with Gasteiger partial charge in [0.25, 0.3) is 0 Å². The lowest BCUT2D eigenvalue weighted by Crippen LogP contribution is -2.73. The van der Waals surface area contributed by atoms with Gasteiger partial charge in [0.2, 0.25) is 5.91 Å². The average molecular weight is 672 g/mol. The Hall–Kier alpha value is -3.75. The number of hydrogen-bond donors (Lipinski definition) is 6. The topological polar surface area (TPSA) is 185 Å². The van der Waals surface area contributed by atoms with Crippen LogP contribution in [-0.4, -0.2) is 88.9 Å². The van der Waals surface area contributed by atoms with Crippen LogP contribution in [-0.2, 0) is 37.0 Å². The summed E-state index contributed by atoms with van der Waals surface area (Å²) in [6, 6.07) is 15.7. The first-order valence-corrected chi connectivity index (χ1v) is 16.6. The minimum Gasteiger partial charge on any atom is -0.445 e. The molecule has 0 bridgehead atoms. The van der Waals surface area contributed by atoms with Crippen molar-refractivity contribution in [3.63, 3.8) is 0 Å². The molecule has 13 nitrogen and oxygen atoms in total. The van der Waals surface area contributed by atoms with E-state index >= 15 is 0 Å². The van der Waals surface area contributed by atoms with E-state index in [1.807, 2.05) is 50.2 Å². The first-order valence-electron chi connectivity index (χ1n) is 16.6. The molecule has 2 aromatic carbocycles. The molecule has 13 heteroatoms. The second-order valence-corrected chi connectivity index (χ2v) is 12.7. The third-order valence-electron chi connectivity index (χ3n) is 8.83. The molecular weight excluding hydrogens is 622 g/mol. The molecule has 5 unspecified atom stereocenters. The fourth-order valence-electron chi connectivity index (χ4n) is 5.93. The Bertz CT molecular complexity index is 1300. The van der Waals surface area contributed by atoms with Gasteiger partial charge in [-0.2, -0.15) is 0 Å². The van der Waals surface area contributed by atoms with Crippen molar-refractivity contribution in [3.05, 3.63) is 71.8 Å². The van der Waals surface area contributed by atoms with Crippen LogP contribution in [0.4, 0.5) is 9.59 Å². The summed E-state index contributed by atoms with van der Waals surface area (Å²) in [4.78, 5) is 38.2. The van der Waals surface area contributed by atoms with Crippen LogP contribution in [0.2, 0.25) is 0 Å². The van der Waals surface area contributed by atoms with Gasteiger partial charge in [0.1, 0.15) is 31.5 Å². The van der Waals surface area contributed by atoms with Gasteiger partial charge < -0.3 is 50.2 Å². The highest BCUT2D eigenvalue weighted by molar-refractivity contribution is 5.78. The molecule has 1 saturated heterocycles.